The molecule has 0 saturated carbocycles. The molecule has 0 bridgehead atoms. The molecule has 23 heavy (non-hydrogen) atoms. The number of hydrogen-bond acceptors (Lipinski definition) is 1. The minimum absolute atomic E-state index is 0.296. The monoisotopic (exact) mass is 303 g/mol. The van der Waals surface area contributed by atoms with Gasteiger partial charge in [0.15, 0.2) is 0 Å². The second-order valence-electron chi connectivity index (χ2n) is 5.64. The molecule has 0 aromatic heterocycles. The van der Waals surface area contributed by atoms with Crippen LogP contribution in [0.2, 0.25) is 0 Å². The summed E-state index contributed by atoms with van der Waals surface area (Å²) in [6.45, 7) is 6.26. The van der Waals surface area contributed by atoms with Crippen LogP contribution in [0.25, 0.3) is 16.8 Å². The molecule has 2 rings (SSSR count). The second kappa shape index (κ2) is 8.19. The normalized spacial score (nSPS) is 14.2. The summed E-state index contributed by atoms with van der Waals surface area (Å²) in [5, 5.41) is 0. The first-order valence-corrected chi connectivity index (χ1v) is 8.07. The van der Waals surface area contributed by atoms with Crippen molar-refractivity contribution in [3.8, 4) is 11.1 Å². The second-order valence-corrected chi connectivity index (χ2v) is 5.64. The van der Waals surface area contributed by atoms with Crippen LogP contribution in [0, 0.1) is 5.92 Å². The van der Waals surface area contributed by atoms with Crippen molar-refractivity contribution in [2.75, 3.05) is 0 Å². The molecule has 0 fully saturated rings. The van der Waals surface area contributed by atoms with E-state index in [9.17, 15) is 0 Å². The average Bonchev–Trinajstić information content (AvgIpc) is 2.60. The summed E-state index contributed by atoms with van der Waals surface area (Å²) in [4.78, 5) is 0. The highest BCUT2D eigenvalue weighted by Crippen LogP contribution is 2.22. The predicted molar refractivity (Wildman–Crippen MR) is 102 cm³/mol. The summed E-state index contributed by atoms with van der Waals surface area (Å²) in [7, 11) is 0. The third kappa shape index (κ3) is 4.46. The van der Waals surface area contributed by atoms with Gasteiger partial charge in [-0.25, -0.2) is 0 Å². The van der Waals surface area contributed by atoms with Crippen LogP contribution in [0.15, 0.2) is 84.5 Å². The summed E-state index contributed by atoms with van der Waals surface area (Å²) >= 11 is 0. The van der Waals surface area contributed by atoms with Crippen LogP contribution in [0.4, 0.5) is 0 Å². The zero-order chi connectivity index (χ0) is 16.7. The van der Waals surface area contributed by atoms with Crippen molar-refractivity contribution in [3.63, 3.8) is 0 Å². The Bertz CT molecular complexity index is 703. The maximum atomic E-state index is 6.28. The van der Waals surface area contributed by atoms with Gasteiger partial charge in [0.25, 0.3) is 0 Å². The van der Waals surface area contributed by atoms with E-state index in [-0.39, 0.29) is 0 Å². The first kappa shape index (κ1) is 16.8. The number of rotatable bonds is 5. The Labute approximate surface area is 139 Å². The lowest BCUT2D eigenvalue weighted by atomic mass is 9.97. The smallest absolute Gasteiger partial charge is 0.0353 e. The van der Waals surface area contributed by atoms with E-state index < -0.39 is 0 Å². The van der Waals surface area contributed by atoms with E-state index in [1.165, 1.54) is 16.7 Å². The lowest BCUT2D eigenvalue weighted by Gasteiger charge is -2.11. The van der Waals surface area contributed by atoms with Gasteiger partial charge < -0.3 is 5.73 Å². The molecular formula is C22H25N. The molecule has 118 valence electrons. The van der Waals surface area contributed by atoms with Crippen LogP contribution >= 0.6 is 0 Å². The molecule has 2 aromatic carbocycles. The molecule has 1 unspecified atom stereocenters. The molecule has 0 spiro atoms. The minimum Gasteiger partial charge on any atom is -0.398 e. The first-order valence-electron chi connectivity index (χ1n) is 8.07. The Balaban J connectivity index is 2.20. The van der Waals surface area contributed by atoms with Crippen LogP contribution in [0.5, 0.6) is 0 Å². The van der Waals surface area contributed by atoms with Crippen molar-refractivity contribution in [2.24, 2.45) is 11.7 Å². The average molecular weight is 303 g/mol. The number of nitrogens with two attached hydrogens (primary N) is 1. The molecule has 0 heterocycles. The number of allylic oxidation sites excluding steroid dienone is 5. The summed E-state index contributed by atoms with van der Waals surface area (Å²) in [5.74, 6) is 0.296. The first-order chi connectivity index (χ1) is 11.2. The third-order valence-electron chi connectivity index (χ3n) is 3.97. The maximum absolute atomic E-state index is 6.28. The fraction of sp³-hybridized carbons (Fsp3) is 0.182. The van der Waals surface area contributed by atoms with E-state index in [1.807, 2.05) is 13.0 Å². The van der Waals surface area contributed by atoms with Crippen molar-refractivity contribution in [1.82, 2.24) is 0 Å². The van der Waals surface area contributed by atoms with Crippen molar-refractivity contribution in [2.45, 2.75) is 20.8 Å². The summed E-state index contributed by atoms with van der Waals surface area (Å²) in [5.41, 5.74) is 11.9. The molecule has 1 nitrogen and oxygen atoms in total. The van der Waals surface area contributed by atoms with E-state index >= 15 is 0 Å². The lowest BCUT2D eigenvalue weighted by molar-refractivity contribution is 0.887. The highest BCUT2D eigenvalue weighted by atomic mass is 14.6. The van der Waals surface area contributed by atoms with Crippen LogP contribution in [0.1, 0.15) is 26.3 Å². The molecule has 0 aliphatic heterocycles. The van der Waals surface area contributed by atoms with Gasteiger partial charge in [0.1, 0.15) is 0 Å². The third-order valence-corrected chi connectivity index (χ3v) is 3.97. The largest absolute Gasteiger partial charge is 0.398 e. The molecule has 0 aliphatic rings. The van der Waals surface area contributed by atoms with Gasteiger partial charge in [0, 0.05) is 11.6 Å². The van der Waals surface area contributed by atoms with Gasteiger partial charge in [-0.2, -0.15) is 0 Å². The Morgan fingerprint density at radius 3 is 2.09 bits per heavy atom. The topological polar surface area (TPSA) is 26.0 Å². The molecule has 0 saturated heterocycles. The molecule has 0 aliphatic carbocycles. The van der Waals surface area contributed by atoms with Gasteiger partial charge in [-0.05, 0) is 36.1 Å². The molecular weight excluding hydrogens is 278 g/mol. The zero-order valence-corrected chi connectivity index (χ0v) is 14.2. The van der Waals surface area contributed by atoms with E-state index in [0.717, 1.165) is 11.3 Å². The van der Waals surface area contributed by atoms with Crippen LogP contribution in [-0.2, 0) is 0 Å². The fourth-order valence-electron chi connectivity index (χ4n) is 2.65. The van der Waals surface area contributed by atoms with E-state index in [4.69, 9.17) is 5.73 Å². The van der Waals surface area contributed by atoms with Crippen molar-refractivity contribution < 1.29 is 0 Å². The van der Waals surface area contributed by atoms with Gasteiger partial charge in [0.05, 0.1) is 0 Å². The van der Waals surface area contributed by atoms with Gasteiger partial charge in [-0.1, -0.05) is 85.8 Å². The fourth-order valence-corrected chi connectivity index (χ4v) is 2.65. The van der Waals surface area contributed by atoms with Crippen LogP contribution in [0.3, 0.4) is 0 Å². The van der Waals surface area contributed by atoms with E-state index in [0.29, 0.717) is 5.92 Å². The van der Waals surface area contributed by atoms with Gasteiger partial charge in [0.2, 0.25) is 0 Å². The zero-order valence-electron chi connectivity index (χ0n) is 14.2. The van der Waals surface area contributed by atoms with Crippen molar-refractivity contribution in [1.29, 1.82) is 0 Å². The quantitative estimate of drug-likeness (QED) is 0.693. The summed E-state index contributed by atoms with van der Waals surface area (Å²) in [6.07, 6.45) is 8.44. The van der Waals surface area contributed by atoms with Crippen LogP contribution in [-0.4, -0.2) is 0 Å². The SMILES string of the molecule is C/C=C\C(=C/C)C(C)/C=C(\N)c1ccc(-c2ccccc2)cc1. The highest BCUT2D eigenvalue weighted by Gasteiger charge is 2.05. The molecule has 2 N–H and O–H groups in total. The van der Waals surface area contributed by atoms with E-state index in [1.54, 1.807) is 0 Å². The molecule has 2 aromatic rings. The standard InChI is InChI=1S/C22H25N/c1-4-9-18(5-2)17(3)16-22(23)21-14-12-20(13-15-21)19-10-7-6-8-11-19/h4-17H,23H2,1-3H3/b9-4-,18-5+,22-16-. The van der Waals surface area contributed by atoms with Gasteiger partial charge in [-0.15, -0.1) is 0 Å². The lowest BCUT2D eigenvalue weighted by Crippen LogP contribution is -2.01. The number of hydrogen-bond donors (Lipinski definition) is 1. The van der Waals surface area contributed by atoms with Crippen LogP contribution < -0.4 is 5.73 Å². The molecule has 0 amide bonds. The molecule has 1 heteroatoms. The Hall–Kier alpha value is -2.54. The van der Waals surface area contributed by atoms with Gasteiger partial charge >= 0.3 is 0 Å². The van der Waals surface area contributed by atoms with Crippen molar-refractivity contribution in [3.05, 3.63) is 90.0 Å². The van der Waals surface area contributed by atoms with Crippen molar-refractivity contribution >= 4 is 5.70 Å². The molecule has 1 atom stereocenters. The Kier molecular flexibility index (Phi) is 5.99. The van der Waals surface area contributed by atoms with Gasteiger partial charge in [-0.3, -0.25) is 0 Å². The maximum Gasteiger partial charge on any atom is 0.0353 e. The summed E-state index contributed by atoms with van der Waals surface area (Å²) < 4.78 is 0. The number of benzene rings is 2. The van der Waals surface area contributed by atoms with E-state index in [2.05, 4.69) is 86.7 Å². The highest BCUT2D eigenvalue weighted by molar-refractivity contribution is 5.69. The Morgan fingerprint density at radius 1 is 0.913 bits per heavy atom. The summed E-state index contributed by atoms with van der Waals surface area (Å²) in [6, 6.07) is 18.8. The predicted octanol–water partition coefficient (Wildman–Crippen LogP) is 5.81. The Morgan fingerprint density at radius 2 is 1.52 bits per heavy atom. The molecule has 0 radical (unpaired) electrons. The minimum atomic E-state index is 0.296.